The van der Waals surface area contributed by atoms with E-state index in [0.717, 1.165) is 35.4 Å². The summed E-state index contributed by atoms with van der Waals surface area (Å²) in [6.07, 6.45) is 7.97. The molecule has 3 atom stereocenters. The lowest BCUT2D eigenvalue weighted by Gasteiger charge is -2.47. The second kappa shape index (κ2) is 9.42. The highest BCUT2D eigenvalue weighted by molar-refractivity contribution is 6.02. The molecule has 1 aromatic carbocycles. The summed E-state index contributed by atoms with van der Waals surface area (Å²) in [5, 5.41) is 30.3. The predicted octanol–water partition coefficient (Wildman–Crippen LogP) is 3.37. The lowest BCUT2D eigenvalue weighted by molar-refractivity contribution is 0.0543. The van der Waals surface area contributed by atoms with Crippen molar-refractivity contribution in [3.63, 3.8) is 0 Å². The van der Waals surface area contributed by atoms with E-state index in [2.05, 4.69) is 49.2 Å². The van der Waals surface area contributed by atoms with Crippen LogP contribution in [0.15, 0.2) is 54.1 Å². The number of aliphatic hydroxyl groups excluding tert-OH is 2. The monoisotopic (exact) mass is 533 g/mol. The fourth-order valence-electron chi connectivity index (χ4n) is 6.53. The third-order valence-corrected chi connectivity index (χ3v) is 8.52. The van der Waals surface area contributed by atoms with E-state index in [4.69, 9.17) is 5.11 Å². The Morgan fingerprint density at radius 2 is 1.90 bits per heavy atom. The number of aromatic nitrogens is 4. The van der Waals surface area contributed by atoms with Crippen LogP contribution >= 0.6 is 0 Å². The molecular weight excluding hydrogens is 504 g/mol. The molecule has 2 aliphatic carbocycles. The van der Waals surface area contributed by atoms with Gasteiger partial charge in [0.15, 0.2) is 0 Å². The van der Waals surface area contributed by atoms with Crippen LogP contribution < -0.4 is 5.32 Å². The average molecular weight is 534 g/mol. The van der Waals surface area contributed by atoms with Crippen molar-refractivity contribution in [2.24, 2.45) is 10.4 Å². The third-order valence-electron chi connectivity index (χ3n) is 8.52. The molecule has 0 amide bonds. The Balaban J connectivity index is 1.30. The van der Waals surface area contributed by atoms with Crippen LogP contribution in [-0.2, 0) is 5.54 Å². The van der Waals surface area contributed by atoms with Gasteiger partial charge < -0.3 is 20.4 Å². The second-order valence-corrected chi connectivity index (χ2v) is 10.8. The van der Waals surface area contributed by atoms with Gasteiger partial charge in [0.1, 0.15) is 11.6 Å². The number of benzene rings is 1. The molecule has 6 rings (SSSR count). The highest BCUT2D eigenvalue weighted by Gasteiger charge is 2.66. The van der Waals surface area contributed by atoms with Crippen LogP contribution in [0, 0.1) is 17.0 Å². The number of anilines is 1. The zero-order valence-corrected chi connectivity index (χ0v) is 21.6. The van der Waals surface area contributed by atoms with Gasteiger partial charge in [-0.05, 0) is 42.5 Å². The summed E-state index contributed by atoms with van der Waals surface area (Å²) in [7, 11) is 0. The summed E-state index contributed by atoms with van der Waals surface area (Å²) < 4.78 is 29.1. The van der Waals surface area contributed by atoms with Gasteiger partial charge in [0.2, 0.25) is 5.95 Å². The first-order chi connectivity index (χ1) is 18.8. The quantitative estimate of drug-likeness (QED) is 0.423. The molecule has 9 nitrogen and oxygen atoms in total. The van der Waals surface area contributed by atoms with Gasteiger partial charge in [0.05, 0.1) is 47.5 Å². The zero-order chi connectivity index (χ0) is 27.4. The van der Waals surface area contributed by atoms with Crippen LogP contribution in [-0.4, -0.2) is 66.8 Å². The van der Waals surface area contributed by atoms with Crippen LogP contribution in [0.1, 0.15) is 49.4 Å². The van der Waals surface area contributed by atoms with Gasteiger partial charge in [-0.15, -0.1) is 5.10 Å². The molecule has 3 N–H and O–H groups in total. The number of nitrogens with zero attached hydrogens (tertiary/aromatic N) is 6. The molecule has 39 heavy (non-hydrogen) atoms. The highest BCUT2D eigenvalue weighted by Crippen LogP contribution is 2.68. The molecule has 11 heteroatoms. The molecule has 0 unspecified atom stereocenters. The molecule has 3 heterocycles. The summed E-state index contributed by atoms with van der Waals surface area (Å²) in [5.41, 5.74) is 2.74. The van der Waals surface area contributed by atoms with Gasteiger partial charge in [-0.25, -0.2) is 18.7 Å². The maximum atomic E-state index is 14.5. The van der Waals surface area contributed by atoms with E-state index in [1.807, 2.05) is 12.3 Å². The van der Waals surface area contributed by atoms with E-state index in [1.165, 1.54) is 18.2 Å². The number of rotatable bonds is 7. The van der Waals surface area contributed by atoms with E-state index in [-0.39, 0.29) is 35.7 Å². The van der Waals surface area contributed by atoms with Gasteiger partial charge in [0.25, 0.3) is 0 Å². The summed E-state index contributed by atoms with van der Waals surface area (Å²) in [4.78, 5) is 15.5. The fraction of sp³-hybridized carbons (Fsp3) is 0.393. The van der Waals surface area contributed by atoms with Crippen LogP contribution in [0.3, 0.4) is 0 Å². The molecular formula is C28H29F2N7O2. The van der Waals surface area contributed by atoms with E-state index in [1.54, 1.807) is 18.6 Å². The van der Waals surface area contributed by atoms with Crippen molar-refractivity contribution in [3.05, 3.63) is 77.5 Å². The van der Waals surface area contributed by atoms with Crippen LogP contribution in [0.2, 0.25) is 0 Å². The molecule has 2 bridgehead atoms. The van der Waals surface area contributed by atoms with Crippen molar-refractivity contribution >= 4 is 11.7 Å². The molecule has 2 aromatic heterocycles. The number of nitrogens with one attached hydrogen (secondary N) is 1. The Kier molecular flexibility index (Phi) is 6.15. The van der Waals surface area contributed by atoms with Gasteiger partial charge in [0, 0.05) is 42.3 Å². The van der Waals surface area contributed by atoms with E-state index < -0.39 is 23.3 Å². The Morgan fingerprint density at radius 1 is 1.15 bits per heavy atom. The van der Waals surface area contributed by atoms with Crippen LogP contribution in [0.5, 0.6) is 0 Å². The van der Waals surface area contributed by atoms with E-state index in [9.17, 15) is 13.9 Å². The molecule has 3 aliphatic rings. The molecule has 1 fully saturated rings. The normalized spacial score (nSPS) is 23.5. The number of aliphatic imine (C=N–C) groups is 1. The SMILES string of the molecule is CC1(C)[C@H]2CC[C@@]1(N1C=CN=C(c3cnc(NC[C@H](O)CO)nc3)C1)c1nnc(-c3c(F)cccc3F)cc12. The van der Waals surface area contributed by atoms with Crippen molar-refractivity contribution in [1.82, 2.24) is 25.1 Å². The van der Waals surface area contributed by atoms with Crippen LogP contribution in [0.25, 0.3) is 11.3 Å². The van der Waals surface area contributed by atoms with Crippen molar-refractivity contribution in [1.29, 1.82) is 0 Å². The Morgan fingerprint density at radius 3 is 2.62 bits per heavy atom. The van der Waals surface area contributed by atoms with Crippen molar-refractivity contribution in [2.45, 2.75) is 44.2 Å². The Labute approximate surface area is 224 Å². The van der Waals surface area contributed by atoms with Crippen molar-refractivity contribution < 1.29 is 19.0 Å². The minimum Gasteiger partial charge on any atom is -0.394 e. The maximum Gasteiger partial charge on any atom is 0.222 e. The molecule has 3 aromatic rings. The average Bonchev–Trinajstić information content (AvgIpc) is 3.33. The molecule has 0 spiro atoms. The van der Waals surface area contributed by atoms with Gasteiger partial charge >= 0.3 is 0 Å². The molecule has 202 valence electrons. The van der Waals surface area contributed by atoms with Gasteiger partial charge in [-0.2, -0.15) is 5.10 Å². The number of fused-ring (bicyclic) bond motifs is 5. The maximum absolute atomic E-state index is 14.5. The van der Waals surface area contributed by atoms with Crippen molar-refractivity contribution in [2.75, 3.05) is 25.0 Å². The lowest BCUT2D eigenvalue weighted by Crippen LogP contribution is -2.51. The van der Waals surface area contributed by atoms with E-state index in [0.29, 0.717) is 12.5 Å². The number of hydrogen-bond donors (Lipinski definition) is 3. The third kappa shape index (κ3) is 3.90. The number of halogens is 2. The first-order valence-electron chi connectivity index (χ1n) is 12.9. The summed E-state index contributed by atoms with van der Waals surface area (Å²) in [6, 6.07) is 5.62. The number of aliphatic hydroxyl groups is 2. The summed E-state index contributed by atoms with van der Waals surface area (Å²) in [5.74, 6) is -0.811. The highest BCUT2D eigenvalue weighted by atomic mass is 19.1. The topological polar surface area (TPSA) is 120 Å². The lowest BCUT2D eigenvalue weighted by atomic mass is 9.73. The first kappa shape index (κ1) is 25.4. The second-order valence-electron chi connectivity index (χ2n) is 10.8. The predicted molar refractivity (Wildman–Crippen MR) is 141 cm³/mol. The minimum atomic E-state index is -0.897. The molecule has 0 radical (unpaired) electrons. The smallest absolute Gasteiger partial charge is 0.222 e. The zero-order valence-electron chi connectivity index (χ0n) is 21.6. The first-order valence-corrected chi connectivity index (χ1v) is 12.9. The minimum absolute atomic E-state index is 0.137. The standard InChI is InChI=1S/C28H29F2N7O2/c1-27(2)19-6-7-28(27,25-18(19)10-22(35-36-25)24-20(29)4-3-5-21(24)30)37-9-8-31-23(14-37)16-11-32-26(33-12-16)34-13-17(39)15-38/h3-5,8-12,17,19,38-39H,6-7,13-15H2,1-2H3,(H,32,33,34)/t17-,19-,28+/m0/s1. The summed E-state index contributed by atoms with van der Waals surface area (Å²) in [6.45, 7) is 4.73. The van der Waals surface area contributed by atoms with Crippen LogP contribution in [0.4, 0.5) is 14.7 Å². The number of hydrogen-bond acceptors (Lipinski definition) is 9. The fourth-order valence-corrected chi connectivity index (χ4v) is 6.53. The molecule has 1 aliphatic heterocycles. The van der Waals surface area contributed by atoms with Gasteiger partial charge in [-0.3, -0.25) is 4.99 Å². The van der Waals surface area contributed by atoms with Gasteiger partial charge in [-0.1, -0.05) is 19.9 Å². The summed E-state index contributed by atoms with van der Waals surface area (Å²) >= 11 is 0. The molecule has 0 saturated heterocycles. The van der Waals surface area contributed by atoms with Crippen molar-refractivity contribution in [3.8, 4) is 11.3 Å². The molecule has 1 saturated carbocycles. The van der Waals surface area contributed by atoms with E-state index >= 15 is 0 Å². The largest absolute Gasteiger partial charge is 0.394 e. The Hall–Kier alpha value is -3.83. The Bertz CT molecular complexity index is 1460.